The quantitative estimate of drug-likeness (QED) is 0.896. The molecule has 1 aliphatic rings. The summed E-state index contributed by atoms with van der Waals surface area (Å²) in [5.41, 5.74) is 2.13. The third-order valence-electron chi connectivity index (χ3n) is 4.30. The van der Waals surface area contributed by atoms with Gasteiger partial charge in [-0.3, -0.25) is 4.79 Å². The van der Waals surface area contributed by atoms with E-state index in [4.69, 9.17) is 0 Å². The number of aromatic hydroxyl groups is 1. The fourth-order valence-corrected chi connectivity index (χ4v) is 2.86. The van der Waals surface area contributed by atoms with E-state index in [2.05, 4.69) is 10.2 Å². The predicted octanol–water partition coefficient (Wildman–Crippen LogP) is 2.61. The van der Waals surface area contributed by atoms with Crippen molar-refractivity contribution in [3.8, 4) is 5.75 Å². The number of carbonyl (C=O) groups is 1. The van der Waals surface area contributed by atoms with Gasteiger partial charge in [0.15, 0.2) is 0 Å². The maximum absolute atomic E-state index is 12.3. The summed E-state index contributed by atoms with van der Waals surface area (Å²) in [6.45, 7) is 8.89. The van der Waals surface area contributed by atoms with Crippen LogP contribution in [0.25, 0.3) is 0 Å². The van der Waals surface area contributed by atoms with E-state index < -0.39 is 0 Å². The standard InChI is InChI=1S/C17H26N2O2/c1-12-7-8-15(16(20)14(12)3)17(21)18-13(2)11-19-9-5-4-6-10-19/h7-8,13,20H,4-6,9-11H2,1-3H3,(H,18,21). The molecular weight excluding hydrogens is 264 g/mol. The number of amides is 1. The van der Waals surface area contributed by atoms with Crippen molar-refractivity contribution < 1.29 is 9.90 Å². The fraction of sp³-hybridized carbons (Fsp3) is 0.588. The molecule has 1 saturated heterocycles. The van der Waals surface area contributed by atoms with Gasteiger partial charge in [0.2, 0.25) is 0 Å². The second-order valence-corrected chi connectivity index (χ2v) is 6.14. The third-order valence-corrected chi connectivity index (χ3v) is 4.30. The van der Waals surface area contributed by atoms with Gasteiger partial charge in [0.1, 0.15) is 5.75 Å². The maximum Gasteiger partial charge on any atom is 0.255 e. The average Bonchev–Trinajstić information content (AvgIpc) is 2.45. The maximum atomic E-state index is 12.3. The number of aryl methyl sites for hydroxylation is 1. The molecule has 0 spiro atoms. The summed E-state index contributed by atoms with van der Waals surface area (Å²) in [7, 11) is 0. The van der Waals surface area contributed by atoms with E-state index >= 15 is 0 Å². The smallest absolute Gasteiger partial charge is 0.255 e. The van der Waals surface area contributed by atoms with Crippen LogP contribution in [0.1, 0.15) is 47.7 Å². The summed E-state index contributed by atoms with van der Waals surface area (Å²) in [6, 6.07) is 3.65. The molecule has 1 unspecified atom stereocenters. The SMILES string of the molecule is Cc1ccc(C(=O)NC(C)CN2CCCCC2)c(O)c1C. The molecule has 2 N–H and O–H groups in total. The molecule has 1 amide bonds. The van der Waals surface area contributed by atoms with E-state index in [0.717, 1.165) is 30.8 Å². The number of rotatable bonds is 4. The van der Waals surface area contributed by atoms with E-state index in [9.17, 15) is 9.90 Å². The number of carbonyl (C=O) groups excluding carboxylic acids is 1. The molecule has 0 aromatic heterocycles. The highest BCUT2D eigenvalue weighted by Crippen LogP contribution is 2.24. The third kappa shape index (κ3) is 3.97. The minimum Gasteiger partial charge on any atom is -0.507 e. The van der Waals surface area contributed by atoms with Gasteiger partial charge in [-0.25, -0.2) is 0 Å². The van der Waals surface area contributed by atoms with Crippen LogP contribution in [0.15, 0.2) is 12.1 Å². The number of nitrogens with zero attached hydrogens (tertiary/aromatic N) is 1. The number of phenols is 1. The first-order valence-corrected chi connectivity index (χ1v) is 7.81. The summed E-state index contributed by atoms with van der Waals surface area (Å²) in [5.74, 6) is -0.0993. The lowest BCUT2D eigenvalue weighted by Crippen LogP contribution is -2.43. The molecular formula is C17H26N2O2. The van der Waals surface area contributed by atoms with E-state index in [-0.39, 0.29) is 17.7 Å². The highest BCUT2D eigenvalue weighted by atomic mass is 16.3. The van der Waals surface area contributed by atoms with Gasteiger partial charge in [-0.15, -0.1) is 0 Å². The van der Waals surface area contributed by atoms with Crippen molar-refractivity contribution in [1.29, 1.82) is 0 Å². The predicted molar refractivity (Wildman–Crippen MR) is 84.8 cm³/mol. The molecule has 1 fully saturated rings. The molecule has 21 heavy (non-hydrogen) atoms. The summed E-state index contributed by atoms with van der Waals surface area (Å²) < 4.78 is 0. The lowest BCUT2D eigenvalue weighted by Gasteiger charge is -2.29. The van der Waals surface area contributed by atoms with Gasteiger partial charge in [-0.2, -0.15) is 0 Å². The molecule has 4 heteroatoms. The first-order valence-electron chi connectivity index (χ1n) is 7.81. The van der Waals surface area contributed by atoms with Crippen molar-refractivity contribution in [1.82, 2.24) is 10.2 Å². The zero-order valence-electron chi connectivity index (χ0n) is 13.3. The molecule has 0 aliphatic carbocycles. The van der Waals surface area contributed by atoms with Crippen LogP contribution in [0.5, 0.6) is 5.75 Å². The summed E-state index contributed by atoms with van der Waals surface area (Å²) in [4.78, 5) is 14.7. The van der Waals surface area contributed by atoms with Gasteiger partial charge >= 0.3 is 0 Å². The Morgan fingerprint density at radius 2 is 1.95 bits per heavy atom. The molecule has 0 bridgehead atoms. The lowest BCUT2D eigenvalue weighted by molar-refractivity contribution is 0.0923. The minimum absolute atomic E-state index is 0.0802. The van der Waals surface area contributed by atoms with E-state index in [1.807, 2.05) is 26.8 Å². The van der Waals surface area contributed by atoms with Crippen molar-refractivity contribution in [2.45, 2.75) is 46.1 Å². The Morgan fingerprint density at radius 1 is 1.29 bits per heavy atom. The minimum atomic E-state index is -0.194. The molecule has 1 atom stereocenters. The number of nitrogens with one attached hydrogen (secondary N) is 1. The van der Waals surface area contributed by atoms with Crippen LogP contribution in [0, 0.1) is 13.8 Å². The van der Waals surface area contributed by atoms with Crippen LogP contribution in [0.2, 0.25) is 0 Å². The molecule has 1 aliphatic heterocycles. The van der Waals surface area contributed by atoms with Crippen LogP contribution < -0.4 is 5.32 Å². The van der Waals surface area contributed by atoms with Gasteiger partial charge in [-0.05, 0) is 63.9 Å². The fourth-order valence-electron chi connectivity index (χ4n) is 2.86. The van der Waals surface area contributed by atoms with Gasteiger partial charge in [0.25, 0.3) is 5.91 Å². The highest BCUT2D eigenvalue weighted by molar-refractivity contribution is 5.97. The number of hydrogen-bond acceptors (Lipinski definition) is 3. The molecule has 116 valence electrons. The van der Waals surface area contributed by atoms with Gasteiger partial charge in [0, 0.05) is 12.6 Å². The molecule has 1 aromatic rings. The Kier molecular flexibility index (Phi) is 5.23. The number of likely N-dealkylation sites (tertiary alicyclic amines) is 1. The first kappa shape index (κ1) is 15.8. The molecule has 1 heterocycles. The van der Waals surface area contributed by atoms with E-state index in [0.29, 0.717) is 5.56 Å². The first-order chi connectivity index (χ1) is 9.99. The summed E-state index contributed by atoms with van der Waals surface area (Å²) >= 11 is 0. The molecule has 1 aromatic carbocycles. The number of benzene rings is 1. The second-order valence-electron chi connectivity index (χ2n) is 6.14. The second kappa shape index (κ2) is 6.94. The number of hydrogen-bond donors (Lipinski definition) is 2. The van der Waals surface area contributed by atoms with Crippen LogP contribution in [0.4, 0.5) is 0 Å². The van der Waals surface area contributed by atoms with Crippen molar-refractivity contribution >= 4 is 5.91 Å². The van der Waals surface area contributed by atoms with Gasteiger partial charge in [0.05, 0.1) is 5.56 Å². The highest BCUT2D eigenvalue weighted by Gasteiger charge is 2.18. The topological polar surface area (TPSA) is 52.6 Å². The molecule has 0 saturated carbocycles. The lowest BCUT2D eigenvalue weighted by atomic mass is 10.0. The molecule has 2 rings (SSSR count). The zero-order chi connectivity index (χ0) is 15.4. The largest absolute Gasteiger partial charge is 0.507 e. The Balaban J connectivity index is 1.96. The Morgan fingerprint density at radius 3 is 2.62 bits per heavy atom. The summed E-state index contributed by atoms with van der Waals surface area (Å²) in [5, 5.41) is 13.1. The Labute approximate surface area is 127 Å². The molecule has 4 nitrogen and oxygen atoms in total. The zero-order valence-corrected chi connectivity index (χ0v) is 13.3. The van der Waals surface area contributed by atoms with Crippen molar-refractivity contribution in [2.75, 3.05) is 19.6 Å². The van der Waals surface area contributed by atoms with Gasteiger partial charge in [-0.1, -0.05) is 12.5 Å². The van der Waals surface area contributed by atoms with Crippen LogP contribution in [-0.2, 0) is 0 Å². The van der Waals surface area contributed by atoms with Crippen molar-refractivity contribution in [3.05, 3.63) is 28.8 Å². The van der Waals surface area contributed by atoms with Gasteiger partial charge < -0.3 is 15.3 Å². The van der Waals surface area contributed by atoms with Crippen molar-refractivity contribution in [2.24, 2.45) is 0 Å². The van der Waals surface area contributed by atoms with Crippen LogP contribution >= 0.6 is 0 Å². The Hall–Kier alpha value is -1.55. The average molecular weight is 290 g/mol. The van der Waals surface area contributed by atoms with Crippen LogP contribution in [0.3, 0.4) is 0 Å². The monoisotopic (exact) mass is 290 g/mol. The van der Waals surface area contributed by atoms with Crippen LogP contribution in [-0.4, -0.2) is 41.6 Å². The normalized spacial score (nSPS) is 17.5. The number of phenolic OH excluding ortho intramolecular Hbond substituents is 1. The molecule has 0 radical (unpaired) electrons. The van der Waals surface area contributed by atoms with E-state index in [1.54, 1.807) is 6.07 Å². The van der Waals surface area contributed by atoms with E-state index in [1.165, 1.54) is 19.3 Å². The Bertz CT molecular complexity index is 508. The van der Waals surface area contributed by atoms with Crippen molar-refractivity contribution in [3.63, 3.8) is 0 Å². The summed E-state index contributed by atoms with van der Waals surface area (Å²) in [6.07, 6.45) is 3.81. The number of piperidine rings is 1.